The Morgan fingerprint density at radius 3 is 2.74 bits per heavy atom. The Bertz CT molecular complexity index is 1180. The molecule has 0 aliphatic heterocycles. The molecule has 0 saturated carbocycles. The van der Waals surface area contributed by atoms with Crippen molar-refractivity contribution in [3.63, 3.8) is 0 Å². The number of rotatable bonds is 4. The first-order valence-corrected chi connectivity index (χ1v) is 8.06. The van der Waals surface area contributed by atoms with Gasteiger partial charge in [-0.15, -0.1) is 0 Å². The van der Waals surface area contributed by atoms with Gasteiger partial charge in [0.15, 0.2) is 6.61 Å². The van der Waals surface area contributed by atoms with Crippen molar-refractivity contribution in [2.45, 2.75) is 12.7 Å². The maximum atomic E-state index is 12.7. The lowest BCUT2D eigenvalue weighted by molar-refractivity contribution is -0.153. The van der Waals surface area contributed by atoms with E-state index in [1.807, 2.05) is 12.1 Å². The molecule has 4 aromatic rings. The predicted octanol–water partition coefficient (Wildman–Crippen LogP) is 4.13. The molecule has 4 rings (SSSR count). The van der Waals surface area contributed by atoms with Crippen LogP contribution in [-0.2, 0) is 6.54 Å². The van der Waals surface area contributed by atoms with Gasteiger partial charge in [-0.3, -0.25) is 9.36 Å². The zero-order valence-corrected chi connectivity index (χ0v) is 13.9. The van der Waals surface area contributed by atoms with Gasteiger partial charge in [-0.2, -0.15) is 13.2 Å². The molecule has 2 heterocycles. The minimum atomic E-state index is -4.41. The molecule has 0 radical (unpaired) electrons. The van der Waals surface area contributed by atoms with Crippen molar-refractivity contribution in [3.05, 3.63) is 70.8 Å². The number of alkyl halides is 3. The number of para-hydroxylation sites is 1. The molecule has 0 aliphatic rings. The zero-order chi connectivity index (χ0) is 19.0. The van der Waals surface area contributed by atoms with E-state index in [1.54, 1.807) is 24.3 Å². The van der Waals surface area contributed by atoms with Crippen LogP contribution in [0.25, 0.3) is 22.1 Å². The quantitative estimate of drug-likeness (QED) is 0.539. The molecule has 0 unspecified atom stereocenters. The molecule has 5 nitrogen and oxygen atoms in total. The fourth-order valence-electron chi connectivity index (χ4n) is 2.82. The molecule has 0 atom stereocenters. The molecule has 0 aliphatic carbocycles. The summed E-state index contributed by atoms with van der Waals surface area (Å²) in [6.45, 7) is -1.25. The van der Waals surface area contributed by atoms with E-state index in [2.05, 4.69) is 4.98 Å². The van der Waals surface area contributed by atoms with E-state index in [1.165, 1.54) is 23.0 Å². The summed E-state index contributed by atoms with van der Waals surface area (Å²) in [6, 6.07) is 13.4. The number of hydrogen-bond donors (Lipinski definition) is 0. The van der Waals surface area contributed by atoms with Crippen LogP contribution in [0.3, 0.4) is 0 Å². The second-order valence-electron chi connectivity index (χ2n) is 6.00. The highest BCUT2D eigenvalue weighted by atomic mass is 19.4. The summed E-state index contributed by atoms with van der Waals surface area (Å²) in [6.07, 6.45) is -3.01. The van der Waals surface area contributed by atoms with E-state index in [9.17, 15) is 18.0 Å². The number of fused-ring (bicyclic) bond motifs is 3. The summed E-state index contributed by atoms with van der Waals surface area (Å²) in [4.78, 5) is 17.0. The Morgan fingerprint density at radius 2 is 1.93 bits per heavy atom. The lowest BCUT2D eigenvalue weighted by Crippen LogP contribution is -2.21. The average molecular weight is 374 g/mol. The van der Waals surface area contributed by atoms with Gasteiger partial charge in [-0.05, 0) is 29.8 Å². The minimum absolute atomic E-state index is 0.0793. The number of furan rings is 1. The Morgan fingerprint density at radius 1 is 1.11 bits per heavy atom. The first kappa shape index (κ1) is 17.1. The van der Waals surface area contributed by atoms with E-state index in [0.717, 1.165) is 5.39 Å². The normalized spacial score (nSPS) is 12.0. The van der Waals surface area contributed by atoms with E-state index >= 15 is 0 Å². The first-order chi connectivity index (χ1) is 12.9. The second-order valence-corrected chi connectivity index (χ2v) is 6.00. The van der Waals surface area contributed by atoms with Gasteiger partial charge >= 0.3 is 6.18 Å². The maximum absolute atomic E-state index is 12.7. The standard InChI is InChI=1S/C19H13F3N2O3/c20-19(21,22)10-26-13-5-3-4-12(8-13)9-24-11-23-16-14-6-1-2-7-15(14)27-17(16)18(24)25/h1-8,11H,9-10H2. The number of hydrogen-bond acceptors (Lipinski definition) is 4. The van der Waals surface area contributed by atoms with E-state index in [0.29, 0.717) is 16.7 Å². The van der Waals surface area contributed by atoms with Crippen LogP contribution in [0.15, 0.2) is 64.1 Å². The number of ether oxygens (including phenoxy) is 1. The van der Waals surface area contributed by atoms with E-state index in [4.69, 9.17) is 9.15 Å². The second kappa shape index (κ2) is 6.46. The zero-order valence-electron chi connectivity index (χ0n) is 13.9. The summed E-state index contributed by atoms with van der Waals surface area (Å²) >= 11 is 0. The number of benzene rings is 2. The lowest BCUT2D eigenvalue weighted by Gasteiger charge is -2.11. The fraction of sp³-hybridized carbons (Fsp3) is 0.158. The van der Waals surface area contributed by atoms with Gasteiger partial charge in [0.2, 0.25) is 5.58 Å². The fourth-order valence-corrected chi connectivity index (χ4v) is 2.82. The third-order valence-corrected chi connectivity index (χ3v) is 4.00. The highest BCUT2D eigenvalue weighted by molar-refractivity contribution is 6.01. The topological polar surface area (TPSA) is 57.3 Å². The van der Waals surface area contributed by atoms with Gasteiger partial charge in [0, 0.05) is 5.39 Å². The van der Waals surface area contributed by atoms with Crippen LogP contribution >= 0.6 is 0 Å². The van der Waals surface area contributed by atoms with Crippen LogP contribution in [-0.4, -0.2) is 22.3 Å². The van der Waals surface area contributed by atoms with Crippen LogP contribution in [0.1, 0.15) is 5.56 Å². The summed E-state index contributed by atoms with van der Waals surface area (Å²) in [7, 11) is 0. The van der Waals surface area contributed by atoms with Gasteiger partial charge in [0.25, 0.3) is 5.56 Å². The number of nitrogens with zero attached hydrogens (tertiary/aromatic N) is 2. The Kier molecular flexibility index (Phi) is 4.10. The molecule has 2 aromatic heterocycles. The van der Waals surface area contributed by atoms with Gasteiger partial charge in [0.05, 0.1) is 12.9 Å². The molecular weight excluding hydrogens is 361 g/mol. The summed E-state index contributed by atoms with van der Waals surface area (Å²) in [5.41, 5.74) is 1.43. The van der Waals surface area contributed by atoms with Gasteiger partial charge in [-0.25, -0.2) is 4.98 Å². The van der Waals surface area contributed by atoms with Gasteiger partial charge in [0.1, 0.15) is 16.8 Å². The first-order valence-electron chi connectivity index (χ1n) is 8.06. The Labute approximate surface area is 150 Å². The molecule has 138 valence electrons. The maximum Gasteiger partial charge on any atom is 0.422 e. The van der Waals surface area contributed by atoms with Crippen LogP contribution in [0.4, 0.5) is 13.2 Å². The molecule has 0 fully saturated rings. The van der Waals surface area contributed by atoms with Crippen molar-refractivity contribution in [2.75, 3.05) is 6.61 Å². The molecule has 8 heteroatoms. The van der Waals surface area contributed by atoms with Crippen molar-refractivity contribution in [3.8, 4) is 5.75 Å². The van der Waals surface area contributed by atoms with Crippen LogP contribution in [0, 0.1) is 0 Å². The third kappa shape index (κ3) is 3.51. The molecule has 0 saturated heterocycles. The van der Waals surface area contributed by atoms with E-state index < -0.39 is 12.8 Å². The SMILES string of the molecule is O=c1c2oc3ccccc3c2ncn1Cc1cccc(OCC(F)(F)F)c1. The van der Waals surface area contributed by atoms with Crippen molar-refractivity contribution < 1.29 is 22.3 Å². The van der Waals surface area contributed by atoms with Crippen molar-refractivity contribution >= 4 is 22.1 Å². The highest BCUT2D eigenvalue weighted by Gasteiger charge is 2.28. The average Bonchev–Trinajstić information content (AvgIpc) is 3.02. The molecule has 27 heavy (non-hydrogen) atoms. The molecule has 2 aromatic carbocycles. The smallest absolute Gasteiger partial charge is 0.422 e. The minimum Gasteiger partial charge on any atom is -0.484 e. The Hall–Kier alpha value is -3.29. The van der Waals surface area contributed by atoms with Crippen molar-refractivity contribution in [1.29, 1.82) is 0 Å². The summed E-state index contributed by atoms with van der Waals surface area (Å²) < 4.78 is 48.6. The van der Waals surface area contributed by atoms with Crippen molar-refractivity contribution in [1.82, 2.24) is 9.55 Å². The van der Waals surface area contributed by atoms with Crippen molar-refractivity contribution in [2.24, 2.45) is 0 Å². The molecule has 0 N–H and O–H groups in total. The number of halogens is 3. The summed E-state index contributed by atoms with van der Waals surface area (Å²) in [5, 5.41) is 0.749. The van der Waals surface area contributed by atoms with Crippen LogP contribution in [0.2, 0.25) is 0 Å². The molecule has 0 spiro atoms. The number of aromatic nitrogens is 2. The largest absolute Gasteiger partial charge is 0.484 e. The van der Waals surface area contributed by atoms with Gasteiger partial charge < -0.3 is 9.15 Å². The Balaban J connectivity index is 1.65. The third-order valence-electron chi connectivity index (χ3n) is 4.00. The lowest BCUT2D eigenvalue weighted by atomic mass is 10.2. The predicted molar refractivity (Wildman–Crippen MR) is 92.9 cm³/mol. The van der Waals surface area contributed by atoms with Crippen LogP contribution in [0.5, 0.6) is 5.75 Å². The molecule has 0 bridgehead atoms. The van der Waals surface area contributed by atoms with E-state index in [-0.39, 0.29) is 23.4 Å². The summed E-state index contributed by atoms with van der Waals surface area (Å²) in [5.74, 6) is 0.0793. The van der Waals surface area contributed by atoms with Crippen LogP contribution < -0.4 is 10.3 Å². The van der Waals surface area contributed by atoms with Gasteiger partial charge in [-0.1, -0.05) is 24.3 Å². The monoisotopic (exact) mass is 374 g/mol. The highest BCUT2D eigenvalue weighted by Crippen LogP contribution is 2.24. The molecular formula is C19H13F3N2O3. The molecule has 0 amide bonds.